The molecule has 86 valence electrons. The van der Waals surface area contributed by atoms with Crippen LogP contribution in [0.1, 0.15) is 25.6 Å². The molecule has 5 heteroatoms. The molecule has 16 heavy (non-hydrogen) atoms. The van der Waals surface area contributed by atoms with Crippen LogP contribution in [0.5, 0.6) is 0 Å². The lowest BCUT2D eigenvalue weighted by molar-refractivity contribution is -0.146. The van der Waals surface area contributed by atoms with Crippen molar-refractivity contribution in [3.63, 3.8) is 0 Å². The Morgan fingerprint density at radius 1 is 1.38 bits per heavy atom. The average Bonchev–Trinajstić information content (AvgIpc) is 2.28. The number of nitrogens with zero attached hydrogens (tertiary/aromatic N) is 1. The Morgan fingerprint density at radius 2 is 2.06 bits per heavy atom. The number of rotatable bonds is 4. The molecule has 2 atom stereocenters. The fraction of sp³-hybridized carbons (Fsp3) is 0.364. The number of hydrogen-bond donors (Lipinski definition) is 2. The standard InChI is InChI=1S/C11H14N2O3/c1-7(11(15)16)10(14)13-8(2)9-5-3-4-6-12-9/h3-8H,1-2H3,(H,13,14)(H,15,16). The lowest BCUT2D eigenvalue weighted by atomic mass is 10.1. The van der Waals surface area contributed by atoms with Gasteiger partial charge in [0.2, 0.25) is 5.91 Å². The lowest BCUT2D eigenvalue weighted by Gasteiger charge is -2.14. The first-order valence-corrected chi connectivity index (χ1v) is 4.96. The van der Waals surface area contributed by atoms with E-state index in [1.165, 1.54) is 6.92 Å². The Morgan fingerprint density at radius 3 is 2.56 bits per heavy atom. The van der Waals surface area contributed by atoms with Crippen molar-refractivity contribution < 1.29 is 14.7 Å². The zero-order valence-corrected chi connectivity index (χ0v) is 9.18. The van der Waals surface area contributed by atoms with E-state index in [-0.39, 0.29) is 6.04 Å². The maximum Gasteiger partial charge on any atom is 0.315 e. The number of carbonyl (C=O) groups excluding carboxylic acids is 1. The van der Waals surface area contributed by atoms with E-state index in [0.717, 1.165) is 0 Å². The molecule has 0 aliphatic rings. The summed E-state index contributed by atoms with van der Waals surface area (Å²) in [4.78, 5) is 26.1. The van der Waals surface area contributed by atoms with Crippen LogP contribution in [0.2, 0.25) is 0 Å². The molecule has 0 spiro atoms. The minimum absolute atomic E-state index is 0.296. The fourth-order valence-electron chi connectivity index (χ4n) is 1.16. The van der Waals surface area contributed by atoms with E-state index in [1.807, 2.05) is 6.07 Å². The predicted octanol–water partition coefficient (Wildman–Crippen LogP) is 0.979. The van der Waals surface area contributed by atoms with Gasteiger partial charge in [-0.3, -0.25) is 14.6 Å². The third-order valence-electron chi connectivity index (χ3n) is 2.25. The first kappa shape index (κ1) is 12.2. The van der Waals surface area contributed by atoms with Crippen LogP contribution in [0.15, 0.2) is 24.4 Å². The zero-order chi connectivity index (χ0) is 12.1. The topological polar surface area (TPSA) is 79.3 Å². The van der Waals surface area contributed by atoms with Gasteiger partial charge in [0.15, 0.2) is 0 Å². The molecule has 2 N–H and O–H groups in total. The maximum absolute atomic E-state index is 11.4. The lowest BCUT2D eigenvalue weighted by Crippen LogP contribution is -2.35. The number of amides is 1. The molecule has 0 bridgehead atoms. The summed E-state index contributed by atoms with van der Waals surface area (Å²) in [7, 11) is 0. The van der Waals surface area contributed by atoms with Crippen molar-refractivity contribution in [2.24, 2.45) is 5.92 Å². The highest BCUT2D eigenvalue weighted by Gasteiger charge is 2.22. The third kappa shape index (κ3) is 3.05. The molecule has 1 heterocycles. The smallest absolute Gasteiger partial charge is 0.315 e. The molecule has 0 aromatic carbocycles. The maximum atomic E-state index is 11.4. The largest absolute Gasteiger partial charge is 0.481 e. The van der Waals surface area contributed by atoms with E-state index in [9.17, 15) is 9.59 Å². The highest BCUT2D eigenvalue weighted by molar-refractivity contribution is 5.96. The van der Waals surface area contributed by atoms with Gasteiger partial charge >= 0.3 is 5.97 Å². The summed E-state index contributed by atoms with van der Waals surface area (Å²) in [5.41, 5.74) is 0.702. The van der Waals surface area contributed by atoms with Crippen molar-refractivity contribution in [3.8, 4) is 0 Å². The van der Waals surface area contributed by atoms with Crippen molar-refractivity contribution >= 4 is 11.9 Å². The third-order valence-corrected chi connectivity index (χ3v) is 2.25. The van der Waals surface area contributed by atoms with Gasteiger partial charge in [0.25, 0.3) is 0 Å². The second kappa shape index (κ2) is 5.25. The Hall–Kier alpha value is -1.91. The molecule has 0 radical (unpaired) electrons. The Bertz CT molecular complexity index is 378. The highest BCUT2D eigenvalue weighted by atomic mass is 16.4. The normalized spacial score (nSPS) is 13.9. The molecule has 1 aromatic heterocycles. The van der Waals surface area contributed by atoms with Gasteiger partial charge < -0.3 is 10.4 Å². The summed E-state index contributed by atoms with van der Waals surface area (Å²) in [5, 5.41) is 11.3. The number of pyridine rings is 1. The quantitative estimate of drug-likeness (QED) is 0.744. The summed E-state index contributed by atoms with van der Waals surface area (Å²) in [6, 6.07) is 5.07. The van der Waals surface area contributed by atoms with Gasteiger partial charge in [0.05, 0.1) is 11.7 Å². The van der Waals surface area contributed by atoms with Gasteiger partial charge in [-0.2, -0.15) is 0 Å². The van der Waals surface area contributed by atoms with Gasteiger partial charge in [-0.15, -0.1) is 0 Å². The molecular formula is C11H14N2O3. The van der Waals surface area contributed by atoms with Crippen LogP contribution < -0.4 is 5.32 Å². The SMILES string of the molecule is CC(C(=O)O)C(=O)NC(C)c1ccccn1. The summed E-state index contributed by atoms with van der Waals surface area (Å²) < 4.78 is 0. The highest BCUT2D eigenvalue weighted by Crippen LogP contribution is 2.09. The Balaban J connectivity index is 2.62. The predicted molar refractivity (Wildman–Crippen MR) is 57.6 cm³/mol. The second-order valence-corrected chi connectivity index (χ2v) is 3.54. The molecule has 0 aliphatic heterocycles. The van der Waals surface area contributed by atoms with Crippen LogP contribution in [-0.4, -0.2) is 22.0 Å². The van der Waals surface area contributed by atoms with E-state index in [1.54, 1.807) is 25.3 Å². The van der Waals surface area contributed by atoms with Gasteiger partial charge in [0.1, 0.15) is 5.92 Å². The number of carbonyl (C=O) groups is 2. The van der Waals surface area contributed by atoms with Crippen LogP contribution in [0, 0.1) is 5.92 Å². The summed E-state index contributed by atoms with van der Waals surface area (Å²) in [5.74, 6) is -2.69. The van der Waals surface area contributed by atoms with E-state index < -0.39 is 17.8 Å². The van der Waals surface area contributed by atoms with E-state index >= 15 is 0 Å². The number of nitrogens with one attached hydrogen (secondary N) is 1. The van der Waals surface area contributed by atoms with Gasteiger partial charge in [-0.25, -0.2) is 0 Å². The average molecular weight is 222 g/mol. The molecule has 1 amide bonds. The minimum atomic E-state index is -1.13. The summed E-state index contributed by atoms with van der Waals surface area (Å²) in [6.07, 6.45) is 1.62. The van der Waals surface area contributed by atoms with Crippen LogP contribution >= 0.6 is 0 Å². The molecule has 1 rings (SSSR count). The van der Waals surface area contributed by atoms with Crippen LogP contribution in [-0.2, 0) is 9.59 Å². The van der Waals surface area contributed by atoms with E-state index in [2.05, 4.69) is 10.3 Å². The van der Waals surface area contributed by atoms with E-state index in [0.29, 0.717) is 5.69 Å². The number of hydrogen-bond acceptors (Lipinski definition) is 3. The zero-order valence-electron chi connectivity index (χ0n) is 9.18. The molecular weight excluding hydrogens is 208 g/mol. The minimum Gasteiger partial charge on any atom is -0.481 e. The van der Waals surface area contributed by atoms with E-state index in [4.69, 9.17) is 5.11 Å². The molecule has 2 unspecified atom stereocenters. The van der Waals surface area contributed by atoms with Crippen LogP contribution in [0.3, 0.4) is 0 Å². The van der Waals surface area contributed by atoms with Gasteiger partial charge in [-0.05, 0) is 26.0 Å². The Kier molecular flexibility index (Phi) is 3.99. The summed E-state index contributed by atoms with van der Waals surface area (Å²) in [6.45, 7) is 3.11. The number of aliphatic carboxylic acids is 1. The first-order chi connectivity index (χ1) is 7.52. The number of aromatic nitrogens is 1. The van der Waals surface area contributed by atoms with Gasteiger partial charge in [-0.1, -0.05) is 6.07 Å². The van der Waals surface area contributed by atoms with Crippen molar-refractivity contribution in [2.75, 3.05) is 0 Å². The fourth-order valence-corrected chi connectivity index (χ4v) is 1.16. The van der Waals surface area contributed by atoms with Crippen LogP contribution in [0.4, 0.5) is 0 Å². The molecule has 0 saturated carbocycles. The molecule has 0 aliphatic carbocycles. The monoisotopic (exact) mass is 222 g/mol. The first-order valence-electron chi connectivity index (χ1n) is 4.96. The second-order valence-electron chi connectivity index (χ2n) is 3.54. The van der Waals surface area contributed by atoms with Crippen molar-refractivity contribution in [1.29, 1.82) is 0 Å². The Labute approximate surface area is 93.5 Å². The molecule has 5 nitrogen and oxygen atoms in total. The molecule has 0 fully saturated rings. The van der Waals surface area contributed by atoms with Crippen molar-refractivity contribution in [2.45, 2.75) is 19.9 Å². The van der Waals surface area contributed by atoms with Crippen molar-refractivity contribution in [1.82, 2.24) is 10.3 Å². The van der Waals surface area contributed by atoms with Crippen molar-refractivity contribution in [3.05, 3.63) is 30.1 Å². The number of carboxylic acid groups (broad SMARTS) is 1. The van der Waals surface area contributed by atoms with Gasteiger partial charge in [0, 0.05) is 6.20 Å². The number of carboxylic acids is 1. The molecule has 1 aromatic rings. The molecule has 0 saturated heterocycles. The summed E-state index contributed by atoms with van der Waals surface area (Å²) >= 11 is 0. The van der Waals surface area contributed by atoms with Crippen LogP contribution in [0.25, 0.3) is 0 Å².